The molecule has 0 aromatic rings. The van der Waals surface area contributed by atoms with E-state index in [1.807, 2.05) is 4.90 Å². The van der Waals surface area contributed by atoms with Gasteiger partial charge < -0.3 is 39.9 Å². The van der Waals surface area contributed by atoms with E-state index in [0.29, 0.717) is 13.1 Å². The first kappa shape index (κ1) is 16.7. The highest BCUT2D eigenvalue weighted by Gasteiger charge is 2.43. The average molecular weight is 281 g/mol. The van der Waals surface area contributed by atoms with E-state index < -0.39 is 37.3 Å². The van der Waals surface area contributed by atoms with E-state index in [9.17, 15) is 15.3 Å². The molecule has 0 saturated carbocycles. The number of aliphatic hydroxyl groups is 5. The first-order chi connectivity index (χ1) is 9.01. The summed E-state index contributed by atoms with van der Waals surface area (Å²) in [7, 11) is 1.80. The van der Waals surface area contributed by atoms with Crippen LogP contribution in [0, 0.1) is 0 Å². The maximum absolute atomic E-state index is 9.69. The Morgan fingerprint density at radius 3 is 2.32 bits per heavy atom. The molecule has 1 heterocycles. The van der Waals surface area contributed by atoms with Gasteiger partial charge in [-0.1, -0.05) is 0 Å². The van der Waals surface area contributed by atoms with Crippen LogP contribution < -0.4 is 0 Å². The molecular formula is C11H23NO7. The number of rotatable bonds is 7. The molecule has 0 spiro atoms. The van der Waals surface area contributed by atoms with Gasteiger partial charge in [0.2, 0.25) is 0 Å². The Kier molecular flexibility index (Phi) is 7.11. The predicted octanol–water partition coefficient (Wildman–Crippen LogP) is -3.27. The van der Waals surface area contributed by atoms with Crippen molar-refractivity contribution < 1.29 is 35.0 Å². The van der Waals surface area contributed by atoms with E-state index in [0.717, 1.165) is 0 Å². The summed E-state index contributed by atoms with van der Waals surface area (Å²) in [6, 6.07) is 0. The zero-order chi connectivity index (χ0) is 14.4. The molecular weight excluding hydrogens is 258 g/mol. The Bertz CT molecular complexity index is 253. The summed E-state index contributed by atoms with van der Waals surface area (Å²) in [5.41, 5.74) is 0. The van der Waals surface area contributed by atoms with Gasteiger partial charge >= 0.3 is 0 Å². The summed E-state index contributed by atoms with van der Waals surface area (Å²) >= 11 is 0. The number of ether oxygens (including phenoxy) is 2. The lowest BCUT2D eigenvalue weighted by Gasteiger charge is -2.39. The second-order valence-electron chi connectivity index (χ2n) is 4.59. The van der Waals surface area contributed by atoms with Crippen molar-refractivity contribution >= 4 is 0 Å². The number of hydrogen-bond acceptors (Lipinski definition) is 8. The van der Waals surface area contributed by atoms with Gasteiger partial charge in [-0.3, -0.25) is 0 Å². The van der Waals surface area contributed by atoms with Gasteiger partial charge in [-0.25, -0.2) is 0 Å². The molecule has 1 saturated heterocycles. The van der Waals surface area contributed by atoms with Crippen LogP contribution in [0.3, 0.4) is 0 Å². The highest BCUT2D eigenvalue weighted by atomic mass is 16.7. The van der Waals surface area contributed by atoms with Crippen molar-refractivity contribution in [3.8, 4) is 0 Å². The first-order valence-electron chi connectivity index (χ1n) is 6.22. The highest BCUT2D eigenvalue weighted by molar-refractivity contribution is 4.88. The van der Waals surface area contributed by atoms with Crippen molar-refractivity contribution in [1.29, 1.82) is 0 Å². The van der Waals surface area contributed by atoms with Gasteiger partial charge in [0.15, 0.2) is 6.29 Å². The molecule has 0 radical (unpaired) electrons. The number of aliphatic hydroxyl groups excluding tert-OH is 5. The fourth-order valence-electron chi connectivity index (χ4n) is 1.81. The topological polar surface area (TPSA) is 123 Å². The summed E-state index contributed by atoms with van der Waals surface area (Å²) in [4.78, 5) is 1.82. The molecule has 8 nitrogen and oxygen atoms in total. The minimum Gasteiger partial charge on any atom is -0.395 e. The quantitative estimate of drug-likeness (QED) is 0.329. The molecule has 0 aromatic heterocycles. The fourth-order valence-corrected chi connectivity index (χ4v) is 1.81. The van der Waals surface area contributed by atoms with Crippen molar-refractivity contribution in [2.45, 2.75) is 30.7 Å². The Hall–Kier alpha value is -0.320. The summed E-state index contributed by atoms with van der Waals surface area (Å²) in [6.45, 7) is 0.790. The van der Waals surface area contributed by atoms with Gasteiger partial charge in [0.25, 0.3) is 0 Å². The van der Waals surface area contributed by atoms with Crippen LogP contribution >= 0.6 is 0 Å². The third-order valence-corrected chi connectivity index (χ3v) is 3.09. The minimum atomic E-state index is -1.42. The van der Waals surface area contributed by atoms with Crippen LogP contribution in [0.4, 0.5) is 0 Å². The lowest BCUT2D eigenvalue weighted by Crippen LogP contribution is -2.59. The summed E-state index contributed by atoms with van der Waals surface area (Å²) in [6.07, 6.45) is -6.24. The van der Waals surface area contributed by atoms with Crippen LogP contribution in [0.15, 0.2) is 0 Å². The van der Waals surface area contributed by atoms with Gasteiger partial charge in [0.05, 0.1) is 19.8 Å². The van der Waals surface area contributed by atoms with Gasteiger partial charge in [-0.2, -0.15) is 0 Å². The molecule has 1 aliphatic heterocycles. The molecule has 114 valence electrons. The third kappa shape index (κ3) is 4.62. The summed E-state index contributed by atoms with van der Waals surface area (Å²) < 4.78 is 10.5. The van der Waals surface area contributed by atoms with Gasteiger partial charge in [-0.05, 0) is 7.05 Å². The zero-order valence-corrected chi connectivity index (χ0v) is 10.9. The summed E-state index contributed by atoms with van der Waals surface area (Å²) in [5.74, 6) is 0. The number of nitrogens with zero attached hydrogens (tertiary/aromatic N) is 1. The van der Waals surface area contributed by atoms with Crippen molar-refractivity contribution in [2.75, 3.05) is 40.0 Å². The highest BCUT2D eigenvalue weighted by Crippen LogP contribution is 2.21. The van der Waals surface area contributed by atoms with Crippen LogP contribution in [0.5, 0.6) is 0 Å². The van der Waals surface area contributed by atoms with Crippen LogP contribution in [-0.2, 0) is 9.47 Å². The lowest BCUT2D eigenvalue weighted by molar-refractivity contribution is -0.301. The molecule has 1 fully saturated rings. The van der Waals surface area contributed by atoms with Gasteiger partial charge in [0, 0.05) is 13.1 Å². The van der Waals surface area contributed by atoms with E-state index in [1.165, 1.54) is 0 Å². The van der Waals surface area contributed by atoms with Gasteiger partial charge in [-0.15, -0.1) is 0 Å². The van der Waals surface area contributed by atoms with Crippen LogP contribution in [0.1, 0.15) is 0 Å². The second-order valence-corrected chi connectivity index (χ2v) is 4.59. The molecule has 3 unspecified atom stereocenters. The Morgan fingerprint density at radius 2 is 1.74 bits per heavy atom. The normalized spacial score (nSPS) is 35.8. The average Bonchev–Trinajstić information content (AvgIpc) is 2.39. The van der Waals surface area contributed by atoms with E-state index in [1.54, 1.807) is 7.05 Å². The van der Waals surface area contributed by atoms with Crippen LogP contribution in [0.2, 0.25) is 0 Å². The van der Waals surface area contributed by atoms with Crippen molar-refractivity contribution in [1.82, 2.24) is 4.90 Å². The smallest absolute Gasteiger partial charge is 0.186 e. The molecule has 8 heteroatoms. The minimum absolute atomic E-state index is 0.0382. The molecule has 5 N–H and O–H groups in total. The molecule has 0 aliphatic carbocycles. The number of hydrogen-bond donors (Lipinski definition) is 5. The maximum atomic E-state index is 9.69. The van der Waals surface area contributed by atoms with E-state index in [-0.39, 0.29) is 13.2 Å². The van der Waals surface area contributed by atoms with Crippen molar-refractivity contribution in [3.05, 3.63) is 0 Å². The molecule has 0 aromatic carbocycles. The largest absolute Gasteiger partial charge is 0.395 e. The fraction of sp³-hybridized carbons (Fsp3) is 1.00. The predicted molar refractivity (Wildman–Crippen MR) is 64.3 cm³/mol. The molecule has 19 heavy (non-hydrogen) atoms. The second kappa shape index (κ2) is 8.08. The Labute approximate surface area is 111 Å². The van der Waals surface area contributed by atoms with E-state index in [2.05, 4.69) is 0 Å². The molecule has 1 rings (SSSR count). The van der Waals surface area contributed by atoms with Crippen molar-refractivity contribution in [2.24, 2.45) is 0 Å². The third-order valence-electron chi connectivity index (χ3n) is 3.09. The van der Waals surface area contributed by atoms with Crippen LogP contribution in [0.25, 0.3) is 0 Å². The molecule has 0 bridgehead atoms. The Balaban J connectivity index is 2.39. The lowest BCUT2D eigenvalue weighted by atomic mass is 9.99. The van der Waals surface area contributed by atoms with Gasteiger partial charge in [0.1, 0.15) is 24.4 Å². The number of likely N-dealkylation sites (N-methyl/N-ethyl adjacent to an activating group) is 1. The van der Waals surface area contributed by atoms with Crippen molar-refractivity contribution in [3.63, 3.8) is 0 Å². The SMILES string of the molecule is CN(CCO)CCO[C@H]1OC(CO)[C@@H](O)C(O)C1O. The van der Waals surface area contributed by atoms with E-state index >= 15 is 0 Å². The monoisotopic (exact) mass is 281 g/mol. The molecule has 1 aliphatic rings. The maximum Gasteiger partial charge on any atom is 0.186 e. The molecule has 5 atom stereocenters. The summed E-state index contributed by atoms with van der Waals surface area (Å²) in [5, 5.41) is 46.5. The first-order valence-corrected chi connectivity index (χ1v) is 6.22. The molecule has 0 amide bonds. The zero-order valence-electron chi connectivity index (χ0n) is 10.9. The van der Waals surface area contributed by atoms with Crippen LogP contribution in [-0.4, -0.2) is 101 Å². The van der Waals surface area contributed by atoms with E-state index in [4.69, 9.17) is 19.7 Å². The standard InChI is InChI=1S/C11H23NO7/c1-12(2-4-13)3-5-18-11-10(17)9(16)8(15)7(6-14)19-11/h7-11,13-17H,2-6H2,1H3/t7?,8-,9?,10?,11+/m1/s1. The Morgan fingerprint density at radius 1 is 1.05 bits per heavy atom.